The highest BCUT2D eigenvalue weighted by Gasteiger charge is 2.17. The summed E-state index contributed by atoms with van der Waals surface area (Å²) in [5.41, 5.74) is 2.42. The number of hydrogen-bond donors (Lipinski definition) is 2. The number of carbonyl (C=O) groups excluding carboxylic acids is 3. The van der Waals surface area contributed by atoms with Crippen LogP contribution in [0.2, 0.25) is 0 Å². The Morgan fingerprint density at radius 3 is 2.03 bits per heavy atom. The minimum absolute atomic E-state index is 0.0339. The zero-order valence-electron chi connectivity index (χ0n) is 17.7. The minimum Gasteiger partial charge on any atom is -0.462 e. The molecule has 0 aromatic heterocycles. The average molecular weight is 412 g/mol. The smallest absolute Gasteiger partial charge is 0.340 e. The molecule has 0 spiro atoms. The molecule has 0 radical (unpaired) electrons. The van der Waals surface area contributed by atoms with Gasteiger partial charge in [-0.15, -0.1) is 0 Å². The second kappa shape index (κ2) is 11.7. The van der Waals surface area contributed by atoms with Crippen LogP contribution in [-0.2, 0) is 14.3 Å². The Labute approximate surface area is 177 Å². The predicted molar refractivity (Wildman–Crippen MR) is 118 cm³/mol. The highest BCUT2D eigenvalue weighted by molar-refractivity contribution is 6.02. The van der Waals surface area contributed by atoms with E-state index < -0.39 is 5.97 Å². The number of carbonyl (C=O) groups is 3. The molecule has 2 amide bonds. The fourth-order valence-electron chi connectivity index (χ4n) is 3.01. The third-order valence-electron chi connectivity index (χ3n) is 4.39. The molecular formula is C23H29N3O4. The summed E-state index contributed by atoms with van der Waals surface area (Å²) in [7, 11) is 0. The molecule has 0 aliphatic heterocycles. The van der Waals surface area contributed by atoms with Crippen LogP contribution in [-0.4, -0.2) is 48.9 Å². The Morgan fingerprint density at radius 2 is 1.43 bits per heavy atom. The van der Waals surface area contributed by atoms with E-state index in [4.69, 9.17) is 4.74 Å². The minimum atomic E-state index is -0.489. The average Bonchev–Trinajstić information content (AvgIpc) is 2.70. The molecule has 0 bridgehead atoms. The van der Waals surface area contributed by atoms with Crippen molar-refractivity contribution in [1.82, 2.24) is 4.90 Å². The van der Waals surface area contributed by atoms with Crippen LogP contribution >= 0.6 is 0 Å². The number of benzene rings is 2. The van der Waals surface area contributed by atoms with E-state index in [1.807, 2.05) is 38.1 Å². The third kappa shape index (κ3) is 7.00. The van der Waals surface area contributed by atoms with Gasteiger partial charge in [0.25, 0.3) is 0 Å². The van der Waals surface area contributed by atoms with Gasteiger partial charge in [0.05, 0.1) is 30.9 Å². The molecule has 2 aromatic carbocycles. The van der Waals surface area contributed by atoms with Crippen molar-refractivity contribution in [2.24, 2.45) is 0 Å². The number of hydrogen-bond acceptors (Lipinski definition) is 5. The van der Waals surface area contributed by atoms with Gasteiger partial charge in [-0.1, -0.05) is 37.3 Å². The van der Waals surface area contributed by atoms with E-state index in [2.05, 4.69) is 10.6 Å². The molecule has 0 fully saturated rings. The van der Waals surface area contributed by atoms with E-state index in [0.29, 0.717) is 17.8 Å². The lowest BCUT2D eigenvalue weighted by Gasteiger charge is -2.21. The van der Waals surface area contributed by atoms with Crippen LogP contribution in [0.15, 0.2) is 48.5 Å². The molecule has 2 aromatic rings. The molecule has 2 rings (SSSR count). The predicted octanol–water partition coefficient (Wildman–Crippen LogP) is 3.46. The molecule has 0 saturated carbocycles. The van der Waals surface area contributed by atoms with E-state index in [9.17, 15) is 14.4 Å². The molecule has 30 heavy (non-hydrogen) atoms. The normalized spacial score (nSPS) is 10.5. The van der Waals surface area contributed by atoms with Crippen molar-refractivity contribution in [3.63, 3.8) is 0 Å². The van der Waals surface area contributed by atoms with Gasteiger partial charge in [-0.05, 0) is 50.6 Å². The number of aryl methyl sites for hydroxylation is 1. The number of para-hydroxylation sites is 2. The molecule has 160 valence electrons. The quantitative estimate of drug-likeness (QED) is 0.585. The molecule has 0 aliphatic carbocycles. The van der Waals surface area contributed by atoms with Crippen molar-refractivity contribution < 1.29 is 19.1 Å². The van der Waals surface area contributed by atoms with Gasteiger partial charge in [0.15, 0.2) is 0 Å². The molecule has 7 nitrogen and oxygen atoms in total. The molecule has 2 N–H and O–H groups in total. The number of anilines is 2. The van der Waals surface area contributed by atoms with Crippen molar-refractivity contribution in [1.29, 1.82) is 0 Å². The van der Waals surface area contributed by atoms with E-state index in [-0.39, 0.29) is 31.5 Å². The monoisotopic (exact) mass is 411 g/mol. The summed E-state index contributed by atoms with van der Waals surface area (Å²) in [5, 5.41) is 5.64. The Morgan fingerprint density at radius 1 is 0.867 bits per heavy atom. The maximum Gasteiger partial charge on any atom is 0.340 e. The van der Waals surface area contributed by atoms with Gasteiger partial charge >= 0.3 is 5.97 Å². The SMILES string of the molecule is CCCN(CC(=O)Nc1ccccc1C)CC(=O)Nc1ccccc1C(=O)OCC. The molecular weight excluding hydrogens is 382 g/mol. The van der Waals surface area contributed by atoms with Crippen molar-refractivity contribution >= 4 is 29.2 Å². The first-order valence-corrected chi connectivity index (χ1v) is 10.1. The summed E-state index contributed by atoms with van der Waals surface area (Å²) in [6, 6.07) is 14.2. The summed E-state index contributed by atoms with van der Waals surface area (Å²) in [5.74, 6) is -0.974. The number of nitrogens with zero attached hydrogens (tertiary/aromatic N) is 1. The Bertz CT molecular complexity index is 882. The van der Waals surface area contributed by atoms with E-state index in [1.165, 1.54) is 0 Å². The fourth-order valence-corrected chi connectivity index (χ4v) is 3.01. The Kier molecular flexibility index (Phi) is 9.03. The van der Waals surface area contributed by atoms with Crippen LogP contribution in [0.3, 0.4) is 0 Å². The lowest BCUT2D eigenvalue weighted by Crippen LogP contribution is -2.39. The van der Waals surface area contributed by atoms with Crippen molar-refractivity contribution in [3.8, 4) is 0 Å². The molecule has 0 aliphatic rings. The van der Waals surface area contributed by atoms with Crippen molar-refractivity contribution in [3.05, 3.63) is 59.7 Å². The first-order valence-electron chi connectivity index (χ1n) is 10.1. The number of esters is 1. The van der Waals surface area contributed by atoms with Gasteiger partial charge in [-0.25, -0.2) is 4.79 Å². The van der Waals surface area contributed by atoms with Gasteiger partial charge in [0.1, 0.15) is 0 Å². The number of rotatable bonds is 10. The Hall–Kier alpha value is -3.19. The molecule has 0 heterocycles. The van der Waals surface area contributed by atoms with Crippen LogP contribution in [0.25, 0.3) is 0 Å². The number of ether oxygens (including phenoxy) is 1. The number of nitrogens with one attached hydrogen (secondary N) is 2. The molecule has 0 atom stereocenters. The standard InChI is InChI=1S/C23H29N3O4/c1-4-14-26(15-21(27)24-19-12-8-6-10-17(19)3)16-22(28)25-20-13-9-7-11-18(20)23(29)30-5-2/h6-13H,4-5,14-16H2,1-3H3,(H,24,27)(H,25,28). The lowest BCUT2D eigenvalue weighted by molar-refractivity contribution is -0.120. The lowest BCUT2D eigenvalue weighted by atomic mass is 10.2. The zero-order chi connectivity index (χ0) is 21.9. The van der Waals surface area contributed by atoms with Crippen LogP contribution in [0.5, 0.6) is 0 Å². The maximum absolute atomic E-state index is 12.6. The van der Waals surface area contributed by atoms with Crippen LogP contribution in [0, 0.1) is 6.92 Å². The molecule has 0 unspecified atom stereocenters. The van der Waals surface area contributed by atoms with Crippen LogP contribution in [0.4, 0.5) is 11.4 Å². The number of amides is 2. The van der Waals surface area contributed by atoms with E-state index in [0.717, 1.165) is 17.7 Å². The zero-order valence-corrected chi connectivity index (χ0v) is 17.7. The first kappa shape index (κ1) is 23.1. The topological polar surface area (TPSA) is 87.7 Å². The second-order valence-electron chi connectivity index (χ2n) is 6.89. The van der Waals surface area contributed by atoms with Gasteiger partial charge < -0.3 is 15.4 Å². The van der Waals surface area contributed by atoms with Gasteiger partial charge in [0, 0.05) is 5.69 Å². The summed E-state index contributed by atoms with van der Waals surface area (Å²) in [6.45, 7) is 6.61. The van der Waals surface area contributed by atoms with Crippen molar-refractivity contribution in [2.45, 2.75) is 27.2 Å². The summed E-state index contributed by atoms with van der Waals surface area (Å²) >= 11 is 0. The van der Waals surface area contributed by atoms with Gasteiger partial charge in [-0.2, -0.15) is 0 Å². The van der Waals surface area contributed by atoms with E-state index >= 15 is 0 Å². The van der Waals surface area contributed by atoms with Gasteiger partial charge in [-0.3, -0.25) is 14.5 Å². The van der Waals surface area contributed by atoms with Crippen LogP contribution in [0.1, 0.15) is 36.2 Å². The summed E-state index contributed by atoms with van der Waals surface area (Å²) in [6.07, 6.45) is 0.796. The summed E-state index contributed by atoms with van der Waals surface area (Å²) < 4.78 is 5.04. The van der Waals surface area contributed by atoms with Crippen LogP contribution < -0.4 is 10.6 Å². The highest BCUT2D eigenvalue weighted by Crippen LogP contribution is 2.16. The summed E-state index contributed by atoms with van der Waals surface area (Å²) in [4.78, 5) is 38.9. The second-order valence-corrected chi connectivity index (χ2v) is 6.89. The first-order chi connectivity index (χ1) is 14.4. The third-order valence-corrected chi connectivity index (χ3v) is 4.39. The molecule has 7 heteroatoms. The fraction of sp³-hybridized carbons (Fsp3) is 0.348. The molecule has 0 saturated heterocycles. The largest absolute Gasteiger partial charge is 0.462 e. The van der Waals surface area contributed by atoms with E-state index in [1.54, 1.807) is 36.1 Å². The highest BCUT2D eigenvalue weighted by atomic mass is 16.5. The van der Waals surface area contributed by atoms with Crippen molar-refractivity contribution in [2.75, 3.05) is 36.9 Å². The Balaban J connectivity index is 1.99. The van der Waals surface area contributed by atoms with Gasteiger partial charge in [0.2, 0.25) is 11.8 Å². The maximum atomic E-state index is 12.6.